The van der Waals surface area contributed by atoms with Crippen LogP contribution in [0.15, 0.2) is 41.2 Å². The normalized spacial score (nSPS) is 11.8. The summed E-state index contributed by atoms with van der Waals surface area (Å²) >= 11 is 0. The molecule has 1 aromatic carbocycles. The van der Waals surface area contributed by atoms with Crippen molar-refractivity contribution in [3.8, 4) is 11.4 Å². The highest BCUT2D eigenvalue weighted by molar-refractivity contribution is 5.54. The van der Waals surface area contributed by atoms with E-state index >= 15 is 0 Å². The first-order valence-electron chi connectivity index (χ1n) is 7.47. The topological polar surface area (TPSA) is 56.7 Å². The van der Waals surface area contributed by atoms with Gasteiger partial charge in [-0.15, -0.1) is 0 Å². The molecule has 0 unspecified atom stereocenters. The van der Waals surface area contributed by atoms with E-state index in [-0.39, 0.29) is 5.82 Å². The van der Waals surface area contributed by atoms with E-state index < -0.39 is 12.1 Å². The molecule has 0 amide bonds. The van der Waals surface area contributed by atoms with Gasteiger partial charge in [0.2, 0.25) is 5.82 Å². The first-order valence-corrected chi connectivity index (χ1v) is 7.47. The smallest absolute Gasteiger partial charge is 0.329 e. The van der Waals surface area contributed by atoms with E-state index in [1.807, 2.05) is 17.1 Å². The molecule has 126 valence electrons. The molecule has 0 saturated carbocycles. The second-order valence-corrected chi connectivity index (χ2v) is 5.41. The second kappa shape index (κ2) is 6.46. The number of hydrogen-bond acceptors (Lipinski definition) is 4. The molecule has 0 aliphatic rings. The zero-order chi connectivity index (χ0) is 17.2. The fourth-order valence-corrected chi connectivity index (χ4v) is 2.31. The molecule has 0 saturated heterocycles. The summed E-state index contributed by atoms with van der Waals surface area (Å²) in [5.41, 5.74) is 2.62. The van der Waals surface area contributed by atoms with E-state index in [0.717, 1.165) is 18.4 Å². The molecule has 8 heteroatoms. The molecule has 2 heterocycles. The van der Waals surface area contributed by atoms with Gasteiger partial charge in [-0.3, -0.25) is 4.68 Å². The highest BCUT2D eigenvalue weighted by atomic mass is 19.4. The molecule has 5 nitrogen and oxygen atoms in total. The Hall–Kier alpha value is -2.64. The average molecular weight is 336 g/mol. The predicted octanol–water partition coefficient (Wildman–Crippen LogP) is 3.95. The maximum Gasteiger partial charge on any atom is 0.471 e. The molecule has 3 aromatic rings. The molecule has 0 bridgehead atoms. The quantitative estimate of drug-likeness (QED) is 0.708. The molecule has 0 N–H and O–H groups in total. The fourth-order valence-electron chi connectivity index (χ4n) is 2.31. The number of aryl methyl sites for hydroxylation is 1. The Balaban J connectivity index is 1.72. The summed E-state index contributed by atoms with van der Waals surface area (Å²) in [6.07, 6.45) is 1.24. The number of rotatable bonds is 5. The van der Waals surface area contributed by atoms with Crippen molar-refractivity contribution in [3.63, 3.8) is 0 Å². The van der Waals surface area contributed by atoms with Crippen molar-refractivity contribution in [1.29, 1.82) is 0 Å². The van der Waals surface area contributed by atoms with Crippen LogP contribution in [0.4, 0.5) is 13.2 Å². The van der Waals surface area contributed by atoms with E-state index in [9.17, 15) is 13.2 Å². The Morgan fingerprint density at radius 3 is 2.50 bits per heavy atom. The summed E-state index contributed by atoms with van der Waals surface area (Å²) in [6, 6.07) is 6.94. The van der Waals surface area contributed by atoms with Gasteiger partial charge in [0.25, 0.3) is 0 Å². The minimum Gasteiger partial charge on any atom is -0.329 e. The number of benzene rings is 1. The van der Waals surface area contributed by atoms with Crippen LogP contribution in [-0.4, -0.2) is 19.9 Å². The maximum atomic E-state index is 12.5. The molecule has 0 atom stereocenters. The summed E-state index contributed by atoms with van der Waals surface area (Å²) in [5.74, 6) is -1.43. The molecule has 24 heavy (non-hydrogen) atoms. The third kappa shape index (κ3) is 3.64. The molecule has 0 aliphatic heterocycles. The number of hydrogen-bond donors (Lipinski definition) is 0. The van der Waals surface area contributed by atoms with Crippen LogP contribution in [0.5, 0.6) is 0 Å². The lowest BCUT2D eigenvalue weighted by atomic mass is 10.1. The number of aromatic nitrogens is 4. The van der Waals surface area contributed by atoms with Crippen LogP contribution in [0.25, 0.3) is 11.4 Å². The van der Waals surface area contributed by atoms with Gasteiger partial charge in [0, 0.05) is 11.8 Å². The molecule has 0 spiro atoms. The van der Waals surface area contributed by atoms with Gasteiger partial charge in [-0.05, 0) is 17.5 Å². The molecule has 2 aromatic heterocycles. The van der Waals surface area contributed by atoms with Crippen LogP contribution in [0.2, 0.25) is 0 Å². The molecule has 0 fully saturated rings. The standard InChI is InChI=1S/C16H15F3N4O/c1-2-3-12-8-20-23(10-12)9-11-4-6-13(7-5-11)14-21-15(24-22-14)16(17,18)19/h4-8,10H,2-3,9H2,1H3. The van der Waals surface area contributed by atoms with E-state index in [0.29, 0.717) is 12.1 Å². The largest absolute Gasteiger partial charge is 0.471 e. The van der Waals surface area contributed by atoms with Crippen LogP contribution >= 0.6 is 0 Å². The van der Waals surface area contributed by atoms with Crippen LogP contribution in [-0.2, 0) is 19.1 Å². The van der Waals surface area contributed by atoms with Gasteiger partial charge in [-0.25, -0.2) is 0 Å². The Kier molecular flexibility index (Phi) is 4.37. The maximum absolute atomic E-state index is 12.5. The number of nitrogens with zero attached hydrogens (tertiary/aromatic N) is 4. The third-order valence-electron chi connectivity index (χ3n) is 3.45. The molecule has 3 rings (SSSR count). The van der Waals surface area contributed by atoms with Gasteiger partial charge < -0.3 is 4.52 Å². The monoisotopic (exact) mass is 336 g/mol. The van der Waals surface area contributed by atoms with Crippen molar-refractivity contribution in [2.75, 3.05) is 0 Å². The second-order valence-electron chi connectivity index (χ2n) is 5.41. The Morgan fingerprint density at radius 2 is 1.88 bits per heavy atom. The zero-order valence-electron chi connectivity index (χ0n) is 12.9. The molecular weight excluding hydrogens is 321 g/mol. The van der Waals surface area contributed by atoms with Gasteiger partial charge in [0.15, 0.2) is 0 Å². The van der Waals surface area contributed by atoms with Crippen molar-refractivity contribution in [1.82, 2.24) is 19.9 Å². The summed E-state index contributed by atoms with van der Waals surface area (Å²) in [5, 5.41) is 7.66. The van der Waals surface area contributed by atoms with Gasteiger partial charge >= 0.3 is 12.1 Å². The third-order valence-corrected chi connectivity index (χ3v) is 3.45. The molecule has 0 aliphatic carbocycles. The minimum atomic E-state index is -4.64. The zero-order valence-corrected chi connectivity index (χ0v) is 12.9. The lowest BCUT2D eigenvalue weighted by molar-refractivity contribution is -0.159. The van der Waals surface area contributed by atoms with E-state index in [4.69, 9.17) is 0 Å². The highest BCUT2D eigenvalue weighted by Crippen LogP contribution is 2.29. The van der Waals surface area contributed by atoms with Crippen LogP contribution < -0.4 is 0 Å². The van der Waals surface area contributed by atoms with Crippen molar-refractivity contribution in [3.05, 3.63) is 53.7 Å². The first-order chi connectivity index (χ1) is 11.5. The van der Waals surface area contributed by atoms with E-state index in [2.05, 4.69) is 26.7 Å². The Morgan fingerprint density at radius 1 is 1.12 bits per heavy atom. The predicted molar refractivity (Wildman–Crippen MR) is 80.1 cm³/mol. The summed E-state index contributed by atoms with van der Waals surface area (Å²) in [7, 11) is 0. The van der Waals surface area contributed by atoms with Crippen LogP contribution in [0.3, 0.4) is 0 Å². The van der Waals surface area contributed by atoms with Crippen molar-refractivity contribution in [2.45, 2.75) is 32.5 Å². The van der Waals surface area contributed by atoms with Crippen LogP contribution in [0.1, 0.15) is 30.4 Å². The fraction of sp³-hybridized carbons (Fsp3) is 0.312. The Labute approximate surface area is 136 Å². The lowest BCUT2D eigenvalue weighted by Crippen LogP contribution is -2.04. The SMILES string of the molecule is CCCc1cnn(Cc2ccc(-c3noc(C(F)(F)F)n3)cc2)c1. The van der Waals surface area contributed by atoms with E-state index in [1.54, 1.807) is 24.3 Å². The van der Waals surface area contributed by atoms with Gasteiger partial charge in [-0.1, -0.05) is 42.8 Å². The Bertz CT molecular complexity index is 805. The summed E-state index contributed by atoms with van der Waals surface area (Å²) < 4.78 is 43.5. The van der Waals surface area contributed by atoms with Crippen molar-refractivity contribution >= 4 is 0 Å². The molecule has 0 radical (unpaired) electrons. The molecular formula is C16H15F3N4O. The number of alkyl halides is 3. The van der Waals surface area contributed by atoms with Crippen molar-refractivity contribution < 1.29 is 17.7 Å². The average Bonchev–Trinajstić information content (AvgIpc) is 3.18. The number of halogens is 3. The highest BCUT2D eigenvalue weighted by Gasteiger charge is 2.38. The van der Waals surface area contributed by atoms with Gasteiger partial charge in [-0.2, -0.15) is 23.3 Å². The minimum absolute atomic E-state index is 0.0850. The van der Waals surface area contributed by atoms with Gasteiger partial charge in [0.05, 0.1) is 12.7 Å². The lowest BCUT2D eigenvalue weighted by Gasteiger charge is -2.02. The first kappa shape index (κ1) is 16.2. The van der Waals surface area contributed by atoms with Gasteiger partial charge in [0.1, 0.15) is 0 Å². The van der Waals surface area contributed by atoms with E-state index in [1.165, 1.54) is 5.56 Å². The summed E-state index contributed by atoms with van der Waals surface area (Å²) in [6.45, 7) is 2.70. The van der Waals surface area contributed by atoms with Crippen molar-refractivity contribution in [2.24, 2.45) is 0 Å². The van der Waals surface area contributed by atoms with Crippen LogP contribution in [0, 0.1) is 0 Å². The summed E-state index contributed by atoms with van der Waals surface area (Å²) in [4.78, 5) is 3.37.